The molecule has 0 aromatic heterocycles. The molecule has 0 bridgehead atoms. The third kappa shape index (κ3) is 4.01. The molecular weight excluding hydrogens is 110 g/mol. The lowest BCUT2D eigenvalue weighted by Gasteiger charge is -1.98. The molecule has 0 aliphatic heterocycles. The Balaban J connectivity index is 3.98. The van der Waals surface area contributed by atoms with Gasteiger partial charge < -0.3 is 5.73 Å². The summed E-state index contributed by atoms with van der Waals surface area (Å²) in [6.07, 6.45) is 1.86. The quantitative estimate of drug-likeness (QED) is 0.558. The second kappa shape index (κ2) is 4.37. The molecular formula is C8H15N. The topological polar surface area (TPSA) is 26.0 Å². The summed E-state index contributed by atoms with van der Waals surface area (Å²) in [4.78, 5) is 0. The molecule has 1 nitrogen and oxygen atoms in total. The molecule has 0 aliphatic carbocycles. The van der Waals surface area contributed by atoms with E-state index in [1.807, 2.05) is 6.08 Å². The number of hydrogen-bond donors (Lipinski definition) is 1. The Bertz CT molecular complexity index is 128. The first-order chi connectivity index (χ1) is 4.18. The summed E-state index contributed by atoms with van der Waals surface area (Å²) in [6.45, 7) is 6.94. The van der Waals surface area contributed by atoms with E-state index in [0.717, 1.165) is 0 Å². The highest BCUT2D eigenvalue weighted by molar-refractivity contribution is 5.00. The van der Waals surface area contributed by atoms with Crippen molar-refractivity contribution in [3.05, 3.63) is 17.4 Å². The summed E-state index contributed by atoms with van der Waals surface area (Å²) in [6, 6.07) is 0. The van der Waals surface area contributed by atoms with E-state index in [1.54, 1.807) is 0 Å². The Kier molecular flexibility index (Phi) is 4.12. The Morgan fingerprint density at radius 1 is 1.67 bits per heavy atom. The summed E-state index contributed by atoms with van der Waals surface area (Å²) in [5, 5.41) is 0. The standard InChI is InChI=1S/C8H15N/c1-7(2)8(3)5-4-6-9/h4,7H,6,9H2,1-3H3. The lowest BCUT2D eigenvalue weighted by molar-refractivity contribution is 0.771. The van der Waals surface area contributed by atoms with Gasteiger partial charge in [0.15, 0.2) is 0 Å². The second-order valence-electron chi connectivity index (χ2n) is 2.42. The van der Waals surface area contributed by atoms with Crippen LogP contribution in [0.1, 0.15) is 20.8 Å². The van der Waals surface area contributed by atoms with E-state index in [1.165, 1.54) is 5.57 Å². The maximum atomic E-state index is 5.25. The van der Waals surface area contributed by atoms with E-state index in [2.05, 4.69) is 26.5 Å². The predicted octanol–water partition coefficient (Wildman–Crippen LogP) is 1.70. The van der Waals surface area contributed by atoms with Crippen molar-refractivity contribution in [2.75, 3.05) is 6.54 Å². The fraction of sp³-hybridized carbons (Fsp3) is 0.625. The van der Waals surface area contributed by atoms with Crippen molar-refractivity contribution in [2.45, 2.75) is 20.8 Å². The summed E-state index contributed by atoms with van der Waals surface area (Å²) in [7, 11) is 0. The fourth-order valence-electron chi connectivity index (χ4n) is 0.387. The molecule has 0 saturated heterocycles. The van der Waals surface area contributed by atoms with Crippen molar-refractivity contribution in [2.24, 2.45) is 11.7 Å². The Morgan fingerprint density at radius 2 is 2.22 bits per heavy atom. The molecule has 1 heteroatoms. The number of rotatable bonds is 2. The molecule has 9 heavy (non-hydrogen) atoms. The summed E-state index contributed by atoms with van der Waals surface area (Å²) < 4.78 is 0. The zero-order chi connectivity index (χ0) is 7.28. The lowest BCUT2D eigenvalue weighted by Crippen LogP contribution is -1.92. The minimum Gasteiger partial charge on any atom is -0.326 e. The third-order valence-corrected chi connectivity index (χ3v) is 1.31. The first kappa shape index (κ1) is 8.48. The van der Waals surface area contributed by atoms with Gasteiger partial charge in [-0.3, -0.25) is 0 Å². The van der Waals surface area contributed by atoms with Gasteiger partial charge >= 0.3 is 0 Å². The Hall–Kier alpha value is -0.520. The van der Waals surface area contributed by atoms with Crippen LogP contribution in [0.5, 0.6) is 0 Å². The second-order valence-corrected chi connectivity index (χ2v) is 2.42. The first-order valence-electron chi connectivity index (χ1n) is 3.30. The van der Waals surface area contributed by atoms with Crippen LogP contribution < -0.4 is 5.73 Å². The minimum absolute atomic E-state index is 0.587. The van der Waals surface area contributed by atoms with Gasteiger partial charge in [0, 0.05) is 6.54 Å². The van der Waals surface area contributed by atoms with Gasteiger partial charge in [0.25, 0.3) is 0 Å². The lowest BCUT2D eigenvalue weighted by atomic mass is 10.1. The molecule has 0 amide bonds. The van der Waals surface area contributed by atoms with Crippen LogP contribution in [0.2, 0.25) is 0 Å². The van der Waals surface area contributed by atoms with E-state index < -0.39 is 0 Å². The zero-order valence-electron chi connectivity index (χ0n) is 6.44. The zero-order valence-corrected chi connectivity index (χ0v) is 6.44. The molecule has 0 aromatic rings. The molecule has 2 N–H and O–H groups in total. The van der Waals surface area contributed by atoms with Crippen molar-refractivity contribution in [3.8, 4) is 0 Å². The maximum Gasteiger partial charge on any atom is 0.0182 e. The highest BCUT2D eigenvalue weighted by Gasteiger charge is 1.91. The van der Waals surface area contributed by atoms with Crippen molar-refractivity contribution in [1.29, 1.82) is 0 Å². The van der Waals surface area contributed by atoms with Gasteiger partial charge in [0.2, 0.25) is 0 Å². The average molecular weight is 125 g/mol. The molecule has 0 fully saturated rings. The van der Waals surface area contributed by atoms with Gasteiger partial charge in [-0.15, -0.1) is 5.73 Å². The molecule has 0 unspecified atom stereocenters. The predicted molar refractivity (Wildman–Crippen MR) is 41.2 cm³/mol. The maximum absolute atomic E-state index is 5.25. The number of nitrogens with two attached hydrogens (primary N) is 1. The Labute approximate surface area is 57.3 Å². The molecule has 0 saturated carbocycles. The number of hydrogen-bond acceptors (Lipinski definition) is 1. The molecule has 0 rings (SSSR count). The van der Waals surface area contributed by atoms with Crippen molar-refractivity contribution in [1.82, 2.24) is 0 Å². The Morgan fingerprint density at radius 3 is 2.56 bits per heavy atom. The van der Waals surface area contributed by atoms with E-state index in [9.17, 15) is 0 Å². The molecule has 0 spiro atoms. The van der Waals surface area contributed by atoms with Crippen LogP contribution >= 0.6 is 0 Å². The first-order valence-corrected chi connectivity index (χ1v) is 3.30. The largest absolute Gasteiger partial charge is 0.326 e. The van der Waals surface area contributed by atoms with Gasteiger partial charge in [-0.2, -0.15) is 0 Å². The average Bonchev–Trinajstić information content (AvgIpc) is 1.82. The molecule has 0 aliphatic rings. The molecule has 0 heterocycles. The highest BCUT2D eigenvalue weighted by atomic mass is 14.5. The van der Waals surface area contributed by atoms with Crippen LogP contribution in [-0.2, 0) is 0 Å². The van der Waals surface area contributed by atoms with E-state index in [4.69, 9.17) is 5.73 Å². The van der Waals surface area contributed by atoms with Crippen molar-refractivity contribution in [3.63, 3.8) is 0 Å². The van der Waals surface area contributed by atoms with E-state index in [0.29, 0.717) is 12.5 Å². The normalized spacial score (nSPS) is 9.00. The molecule has 0 aromatic carbocycles. The molecule has 52 valence electrons. The minimum atomic E-state index is 0.587. The van der Waals surface area contributed by atoms with Crippen LogP contribution in [0, 0.1) is 5.92 Å². The summed E-state index contributed by atoms with van der Waals surface area (Å²) in [5.74, 6) is 0.591. The van der Waals surface area contributed by atoms with E-state index >= 15 is 0 Å². The van der Waals surface area contributed by atoms with Crippen LogP contribution in [0.4, 0.5) is 0 Å². The monoisotopic (exact) mass is 125 g/mol. The fourth-order valence-corrected chi connectivity index (χ4v) is 0.387. The van der Waals surface area contributed by atoms with Crippen LogP contribution in [0.25, 0.3) is 0 Å². The molecule has 0 radical (unpaired) electrons. The van der Waals surface area contributed by atoms with Gasteiger partial charge in [0.1, 0.15) is 0 Å². The smallest absolute Gasteiger partial charge is 0.0182 e. The third-order valence-electron chi connectivity index (χ3n) is 1.31. The van der Waals surface area contributed by atoms with Gasteiger partial charge in [-0.05, 0) is 24.5 Å². The van der Waals surface area contributed by atoms with Crippen LogP contribution in [0.15, 0.2) is 17.4 Å². The van der Waals surface area contributed by atoms with Gasteiger partial charge in [0.05, 0.1) is 0 Å². The van der Waals surface area contributed by atoms with E-state index in [-0.39, 0.29) is 0 Å². The van der Waals surface area contributed by atoms with Crippen LogP contribution in [0.3, 0.4) is 0 Å². The van der Waals surface area contributed by atoms with Crippen molar-refractivity contribution >= 4 is 0 Å². The highest BCUT2D eigenvalue weighted by Crippen LogP contribution is 2.04. The van der Waals surface area contributed by atoms with Crippen LogP contribution in [-0.4, -0.2) is 6.54 Å². The molecule has 0 atom stereocenters. The van der Waals surface area contributed by atoms with Crippen molar-refractivity contribution < 1.29 is 0 Å². The van der Waals surface area contributed by atoms with Gasteiger partial charge in [-0.25, -0.2) is 0 Å². The SMILES string of the molecule is CC(=C=CCN)C(C)C. The van der Waals surface area contributed by atoms with Gasteiger partial charge in [-0.1, -0.05) is 13.8 Å². The summed E-state index contributed by atoms with van der Waals surface area (Å²) in [5.41, 5.74) is 9.61. The summed E-state index contributed by atoms with van der Waals surface area (Å²) >= 11 is 0.